The molecular formula is C25H21NO3. The third-order valence-corrected chi connectivity index (χ3v) is 5.15. The third kappa shape index (κ3) is 3.62. The number of Topliss-reactive ketones (excluding diaryl/α,β-unsaturated/α-hetero) is 1. The Bertz CT molecular complexity index is 1060. The molecule has 0 bridgehead atoms. The maximum atomic E-state index is 13.2. The first-order valence-corrected chi connectivity index (χ1v) is 9.53. The first-order chi connectivity index (χ1) is 14.1. The molecule has 0 aromatic heterocycles. The van der Waals surface area contributed by atoms with Gasteiger partial charge < -0.3 is 10.0 Å². The van der Waals surface area contributed by atoms with Crippen molar-refractivity contribution in [3.8, 4) is 0 Å². The van der Waals surface area contributed by atoms with Crippen molar-refractivity contribution in [2.75, 3.05) is 11.4 Å². The molecule has 0 fully saturated rings. The maximum absolute atomic E-state index is 13.2. The largest absolute Gasteiger partial charge is 0.375 e. The van der Waals surface area contributed by atoms with Crippen LogP contribution in [0.5, 0.6) is 0 Å². The number of para-hydroxylation sites is 1. The number of amides is 1. The molecule has 4 heteroatoms. The number of rotatable bonds is 6. The summed E-state index contributed by atoms with van der Waals surface area (Å²) in [7, 11) is 0. The molecule has 1 aliphatic rings. The van der Waals surface area contributed by atoms with E-state index in [1.165, 1.54) is 4.90 Å². The van der Waals surface area contributed by atoms with Crippen molar-refractivity contribution in [3.05, 3.63) is 108 Å². The topological polar surface area (TPSA) is 57.6 Å². The number of hydrogen-bond acceptors (Lipinski definition) is 3. The summed E-state index contributed by atoms with van der Waals surface area (Å²) in [5.41, 5.74) is 0.765. The van der Waals surface area contributed by atoms with Crippen molar-refractivity contribution in [2.45, 2.75) is 12.0 Å². The van der Waals surface area contributed by atoms with Crippen molar-refractivity contribution in [1.82, 2.24) is 0 Å². The SMILES string of the molecule is O=C(C[C@]1(O)C(=O)N(C/C=C\c2ccccc2)c2ccccc21)c1ccccc1. The minimum atomic E-state index is -1.86. The van der Waals surface area contributed by atoms with Gasteiger partial charge in [-0.3, -0.25) is 9.59 Å². The second kappa shape index (κ2) is 7.86. The number of aliphatic hydroxyl groups is 1. The predicted molar refractivity (Wildman–Crippen MR) is 114 cm³/mol. The van der Waals surface area contributed by atoms with E-state index in [-0.39, 0.29) is 12.2 Å². The van der Waals surface area contributed by atoms with E-state index in [1.807, 2.05) is 54.6 Å². The highest BCUT2D eigenvalue weighted by Crippen LogP contribution is 2.42. The standard InChI is InChI=1S/C25H21NO3/c27-23(20-13-5-2-6-14-20)18-25(29)21-15-7-8-16-22(21)26(24(25)28)17-9-12-19-10-3-1-4-11-19/h1-16,29H,17-18H2/b12-9-/t25-/m1/s1. The van der Waals surface area contributed by atoms with Gasteiger partial charge in [0, 0.05) is 17.7 Å². The third-order valence-electron chi connectivity index (χ3n) is 5.15. The van der Waals surface area contributed by atoms with Crippen molar-refractivity contribution in [1.29, 1.82) is 0 Å². The van der Waals surface area contributed by atoms with E-state index in [2.05, 4.69) is 0 Å². The van der Waals surface area contributed by atoms with Crippen LogP contribution in [0.4, 0.5) is 5.69 Å². The van der Waals surface area contributed by atoms with Crippen LogP contribution in [-0.2, 0) is 10.4 Å². The van der Waals surface area contributed by atoms with Gasteiger partial charge >= 0.3 is 0 Å². The van der Waals surface area contributed by atoms with Gasteiger partial charge in [-0.15, -0.1) is 0 Å². The van der Waals surface area contributed by atoms with Gasteiger partial charge in [0.25, 0.3) is 5.91 Å². The van der Waals surface area contributed by atoms with Crippen LogP contribution in [0.3, 0.4) is 0 Å². The van der Waals surface area contributed by atoms with Crippen molar-refractivity contribution in [2.24, 2.45) is 0 Å². The van der Waals surface area contributed by atoms with Crippen LogP contribution in [0.15, 0.2) is 91.0 Å². The molecule has 3 aromatic rings. The molecule has 1 heterocycles. The Morgan fingerprint density at radius 3 is 2.24 bits per heavy atom. The molecule has 1 aliphatic heterocycles. The number of nitrogens with zero attached hydrogens (tertiary/aromatic N) is 1. The number of benzene rings is 3. The molecular weight excluding hydrogens is 362 g/mol. The molecule has 144 valence electrons. The Kier molecular flexibility index (Phi) is 5.10. The number of ketones is 1. The Hall–Kier alpha value is -3.50. The van der Waals surface area contributed by atoms with Crippen LogP contribution >= 0.6 is 0 Å². The zero-order valence-corrected chi connectivity index (χ0v) is 15.9. The van der Waals surface area contributed by atoms with Crippen LogP contribution < -0.4 is 4.90 Å². The summed E-state index contributed by atoms with van der Waals surface area (Å²) in [6.45, 7) is 0.312. The van der Waals surface area contributed by atoms with E-state index in [0.29, 0.717) is 23.4 Å². The molecule has 4 rings (SSSR count). The second-order valence-electron chi connectivity index (χ2n) is 7.07. The van der Waals surface area contributed by atoms with Gasteiger partial charge in [-0.1, -0.05) is 91.0 Å². The molecule has 0 unspecified atom stereocenters. The minimum absolute atomic E-state index is 0.266. The van der Waals surface area contributed by atoms with Crippen LogP contribution in [-0.4, -0.2) is 23.3 Å². The molecule has 3 aromatic carbocycles. The van der Waals surface area contributed by atoms with E-state index in [1.54, 1.807) is 42.5 Å². The van der Waals surface area contributed by atoms with E-state index in [0.717, 1.165) is 5.56 Å². The highest BCUT2D eigenvalue weighted by Gasteiger charge is 2.50. The van der Waals surface area contributed by atoms with Crippen LogP contribution in [0.1, 0.15) is 27.9 Å². The highest BCUT2D eigenvalue weighted by atomic mass is 16.3. The number of carbonyl (C=O) groups excluding carboxylic acids is 2. The molecule has 1 N–H and O–H groups in total. The summed E-state index contributed by atoms with van der Waals surface area (Å²) >= 11 is 0. The second-order valence-corrected chi connectivity index (χ2v) is 7.07. The molecule has 1 atom stereocenters. The fourth-order valence-electron chi connectivity index (χ4n) is 3.68. The van der Waals surface area contributed by atoms with Crippen LogP contribution in [0.25, 0.3) is 6.08 Å². The summed E-state index contributed by atoms with van der Waals surface area (Å²) in [6, 6.07) is 25.6. The zero-order chi connectivity index (χ0) is 20.3. The molecule has 4 nitrogen and oxygen atoms in total. The summed E-state index contributed by atoms with van der Waals surface area (Å²) in [6.07, 6.45) is 3.53. The lowest BCUT2D eigenvalue weighted by Crippen LogP contribution is -2.41. The first kappa shape index (κ1) is 18.8. The molecule has 0 aliphatic carbocycles. The number of anilines is 1. The first-order valence-electron chi connectivity index (χ1n) is 9.53. The summed E-state index contributed by atoms with van der Waals surface area (Å²) in [4.78, 5) is 27.4. The van der Waals surface area contributed by atoms with Crippen molar-refractivity contribution < 1.29 is 14.7 Å². The predicted octanol–water partition coefficient (Wildman–Crippen LogP) is 4.21. The van der Waals surface area contributed by atoms with Crippen LogP contribution in [0, 0.1) is 0 Å². The molecule has 0 radical (unpaired) electrons. The molecule has 29 heavy (non-hydrogen) atoms. The van der Waals surface area contributed by atoms with Crippen LogP contribution in [0.2, 0.25) is 0 Å². The lowest BCUT2D eigenvalue weighted by molar-refractivity contribution is -0.135. The quantitative estimate of drug-likeness (QED) is 0.649. The smallest absolute Gasteiger partial charge is 0.264 e. The van der Waals surface area contributed by atoms with E-state index >= 15 is 0 Å². The fourth-order valence-corrected chi connectivity index (χ4v) is 3.68. The van der Waals surface area contributed by atoms with E-state index in [9.17, 15) is 14.7 Å². The van der Waals surface area contributed by atoms with E-state index in [4.69, 9.17) is 0 Å². The molecule has 0 saturated carbocycles. The number of fused-ring (bicyclic) bond motifs is 1. The molecule has 0 saturated heterocycles. The van der Waals surface area contributed by atoms with Gasteiger partial charge in [0.05, 0.1) is 12.1 Å². The average Bonchev–Trinajstić information content (AvgIpc) is 2.97. The summed E-state index contributed by atoms with van der Waals surface area (Å²) < 4.78 is 0. The van der Waals surface area contributed by atoms with Crippen molar-refractivity contribution in [3.63, 3.8) is 0 Å². The number of carbonyl (C=O) groups is 2. The monoisotopic (exact) mass is 383 g/mol. The highest BCUT2D eigenvalue weighted by molar-refractivity contribution is 6.10. The Morgan fingerprint density at radius 1 is 0.897 bits per heavy atom. The van der Waals surface area contributed by atoms with E-state index < -0.39 is 11.5 Å². The zero-order valence-electron chi connectivity index (χ0n) is 15.9. The van der Waals surface area contributed by atoms with Gasteiger partial charge in [-0.05, 0) is 11.6 Å². The summed E-state index contributed by atoms with van der Waals surface area (Å²) in [5, 5.41) is 11.3. The average molecular weight is 383 g/mol. The normalized spacial score (nSPS) is 18.2. The Balaban J connectivity index is 1.60. The minimum Gasteiger partial charge on any atom is -0.375 e. The lowest BCUT2D eigenvalue weighted by atomic mass is 9.88. The Morgan fingerprint density at radius 2 is 1.52 bits per heavy atom. The maximum Gasteiger partial charge on any atom is 0.264 e. The van der Waals surface area contributed by atoms with Gasteiger partial charge in [0.2, 0.25) is 0 Å². The number of hydrogen-bond donors (Lipinski definition) is 1. The van der Waals surface area contributed by atoms with Gasteiger partial charge in [-0.2, -0.15) is 0 Å². The fraction of sp³-hybridized carbons (Fsp3) is 0.120. The van der Waals surface area contributed by atoms with Crippen molar-refractivity contribution >= 4 is 23.5 Å². The van der Waals surface area contributed by atoms with Gasteiger partial charge in [0.15, 0.2) is 11.4 Å². The van der Waals surface area contributed by atoms with Gasteiger partial charge in [-0.25, -0.2) is 0 Å². The summed E-state index contributed by atoms with van der Waals surface area (Å²) in [5.74, 6) is -0.737. The lowest BCUT2D eigenvalue weighted by Gasteiger charge is -2.22. The van der Waals surface area contributed by atoms with Gasteiger partial charge in [0.1, 0.15) is 0 Å². The molecule has 1 amide bonds. The Labute approximate surface area is 169 Å². The molecule has 0 spiro atoms.